The fraction of sp³-hybridized carbons (Fsp3) is 0. The Hall–Kier alpha value is 0.229. The molecule has 0 heterocycles. The first-order chi connectivity index (χ1) is 1.73. The average molecular weight is 221 g/mol. The molecule has 0 atom stereocenters. The van der Waals surface area contributed by atoms with Crippen LogP contribution < -0.4 is 10.2 Å². The van der Waals surface area contributed by atoms with Gasteiger partial charge < -0.3 is 26.0 Å². The first-order valence-electron chi connectivity index (χ1n) is 0.612. The van der Waals surface area contributed by atoms with Crippen LogP contribution in [0.3, 0.4) is 0 Å². The molecule has 0 aliphatic heterocycles. The third kappa shape index (κ3) is 3250. The van der Waals surface area contributed by atoms with Crippen molar-refractivity contribution in [3.63, 3.8) is 0 Å². The third-order valence-electron chi connectivity index (χ3n) is 0. The second-order valence-corrected chi connectivity index (χ2v) is 0.250. The molecule has 0 aliphatic carbocycles. The Kier molecular flexibility index (Phi) is 139. The number of carboxylic acid groups (broad SMARTS) is 2. The molecule has 2 N–H and O–H groups in total. The second-order valence-electron chi connectivity index (χ2n) is 0.250. The Morgan fingerprint density at radius 2 is 1.00 bits per heavy atom. The Morgan fingerprint density at radius 3 is 1.00 bits per heavy atom. The fourth-order valence-corrected chi connectivity index (χ4v) is 0. The minimum Gasteiger partial charge on any atom is -0.870 e. The molecule has 5 nitrogen and oxygen atoms in total. The van der Waals surface area contributed by atoms with Crippen LogP contribution >= 0.6 is 0 Å². The van der Waals surface area contributed by atoms with E-state index in [4.69, 9.17) is 15.0 Å². The van der Waals surface area contributed by atoms with Gasteiger partial charge in [-0.15, -0.1) is 0 Å². The van der Waals surface area contributed by atoms with Gasteiger partial charge in [0.1, 0.15) is 0 Å². The summed E-state index contributed by atoms with van der Waals surface area (Å²) < 4.78 is 0. The van der Waals surface area contributed by atoms with Crippen LogP contribution in [0.15, 0.2) is 0 Å². The van der Waals surface area contributed by atoms with Crippen LogP contribution in [0.5, 0.6) is 0 Å². The molecule has 0 saturated heterocycles. The molecular weight excluding hydrogens is 219 g/mol. The van der Waals surface area contributed by atoms with E-state index in [1.54, 1.807) is 0 Å². The standard InChI is InChI=1S/CH2O3.2Cu.2H2O/c2-1(3)4;;;;/h(H2,2,3,4);;;2*1H2/q;2*+2;;/p-4. The summed E-state index contributed by atoms with van der Waals surface area (Å²) in [4.78, 5) is 8.33. The topological polar surface area (TPSA) is 123 Å². The SMILES string of the molecule is O=C([O-])[O-].[Cu+2].[Cu+2].[OH-].[OH-]. The molecule has 0 spiro atoms. The maximum absolute atomic E-state index is 8.33. The smallest absolute Gasteiger partial charge is 0.870 e. The molecule has 0 amide bonds. The Labute approximate surface area is 66.6 Å². The van der Waals surface area contributed by atoms with Crippen molar-refractivity contribution in [2.24, 2.45) is 0 Å². The summed E-state index contributed by atoms with van der Waals surface area (Å²) in [5, 5.41) is 16.7. The zero-order valence-electron chi connectivity index (χ0n) is 3.22. The van der Waals surface area contributed by atoms with E-state index >= 15 is 0 Å². The van der Waals surface area contributed by atoms with Gasteiger partial charge in [-0.05, 0) is 6.16 Å². The minimum atomic E-state index is -2.33. The van der Waals surface area contributed by atoms with Crippen LogP contribution in [0.1, 0.15) is 0 Å². The monoisotopic (exact) mass is 220 g/mol. The first-order valence-corrected chi connectivity index (χ1v) is 0.612. The van der Waals surface area contributed by atoms with Crippen LogP contribution in [0.2, 0.25) is 0 Å². The normalized spacial score (nSPS) is 3.00. The quantitative estimate of drug-likeness (QED) is 0.408. The number of carbonyl (C=O) groups is 1. The minimum absolute atomic E-state index is 0. The van der Waals surface area contributed by atoms with Crippen LogP contribution in [0.25, 0.3) is 0 Å². The molecule has 0 fully saturated rings. The van der Waals surface area contributed by atoms with Crippen molar-refractivity contribution in [3.8, 4) is 0 Å². The van der Waals surface area contributed by atoms with E-state index < -0.39 is 6.16 Å². The summed E-state index contributed by atoms with van der Waals surface area (Å²) in [5.74, 6) is 0. The molecule has 58 valence electrons. The predicted octanol–water partition coefficient (Wildman–Crippen LogP) is -2.81. The summed E-state index contributed by atoms with van der Waals surface area (Å²) in [6.07, 6.45) is -2.33. The van der Waals surface area contributed by atoms with Gasteiger partial charge in [0.15, 0.2) is 0 Å². The van der Waals surface area contributed by atoms with Crippen LogP contribution in [0, 0.1) is 0 Å². The first kappa shape index (κ1) is 41.2. The molecule has 2 radical (unpaired) electrons. The Morgan fingerprint density at radius 1 is 1.00 bits per heavy atom. The summed E-state index contributed by atoms with van der Waals surface area (Å²) in [6, 6.07) is 0. The van der Waals surface area contributed by atoms with Gasteiger partial charge >= 0.3 is 34.1 Å². The summed E-state index contributed by atoms with van der Waals surface area (Å²) in [6.45, 7) is 0. The zero-order chi connectivity index (χ0) is 3.58. The number of rotatable bonds is 0. The Bertz CT molecular complexity index is 33.4. The van der Waals surface area contributed by atoms with Gasteiger partial charge in [0, 0.05) is 0 Å². The van der Waals surface area contributed by atoms with Gasteiger partial charge in [0.25, 0.3) is 0 Å². The van der Waals surface area contributed by atoms with E-state index in [-0.39, 0.29) is 45.1 Å². The summed E-state index contributed by atoms with van der Waals surface area (Å²) in [7, 11) is 0. The third-order valence-corrected chi connectivity index (χ3v) is 0. The Balaban J connectivity index is -0.00000000750. The molecule has 0 aromatic carbocycles. The number of carbonyl (C=O) groups excluding carboxylic acids is 1. The van der Waals surface area contributed by atoms with Crippen molar-refractivity contribution in [1.82, 2.24) is 0 Å². The summed E-state index contributed by atoms with van der Waals surface area (Å²) in [5.41, 5.74) is 0. The van der Waals surface area contributed by atoms with Gasteiger partial charge in [-0.1, -0.05) is 0 Å². The van der Waals surface area contributed by atoms with E-state index in [2.05, 4.69) is 0 Å². The summed E-state index contributed by atoms with van der Waals surface area (Å²) >= 11 is 0. The van der Waals surface area contributed by atoms with Gasteiger partial charge in [-0.3, -0.25) is 0 Å². The van der Waals surface area contributed by atoms with Gasteiger partial charge in [0.2, 0.25) is 0 Å². The van der Waals surface area contributed by atoms with E-state index in [9.17, 15) is 0 Å². The molecule has 7 heteroatoms. The molecular formula is CH2Cu2O5. The van der Waals surface area contributed by atoms with Gasteiger partial charge in [0.05, 0.1) is 0 Å². The molecule has 0 aliphatic rings. The second kappa shape index (κ2) is 26.9. The van der Waals surface area contributed by atoms with E-state index in [0.29, 0.717) is 0 Å². The predicted molar refractivity (Wildman–Crippen MR) is 9.27 cm³/mol. The van der Waals surface area contributed by atoms with E-state index in [0.717, 1.165) is 0 Å². The molecule has 8 heavy (non-hydrogen) atoms. The number of hydrogen-bond donors (Lipinski definition) is 0. The molecule has 0 rings (SSSR count). The van der Waals surface area contributed by atoms with Gasteiger partial charge in [-0.2, -0.15) is 0 Å². The van der Waals surface area contributed by atoms with E-state index in [1.165, 1.54) is 0 Å². The average Bonchev–Trinajstić information content (AvgIpc) is 0.811. The van der Waals surface area contributed by atoms with Crippen molar-refractivity contribution < 1.29 is 60.1 Å². The van der Waals surface area contributed by atoms with Crippen molar-refractivity contribution in [3.05, 3.63) is 0 Å². The molecule has 0 saturated carbocycles. The van der Waals surface area contributed by atoms with Gasteiger partial charge in [-0.25, -0.2) is 0 Å². The maximum Gasteiger partial charge on any atom is 2.00 e. The molecule has 0 aromatic rings. The van der Waals surface area contributed by atoms with E-state index in [1.807, 2.05) is 0 Å². The number of hydrogen-bond acceptors (Lipinski definition) is 5. The zero-order valence-corrected chi connectivity index (χ0v) is 5.11. The largest absolute Gasteiger partial charge is 2.00 e. The van der Waals surface area contributed by atoms with Crippen LogP contribution in [0.4, 0.5) is 4.79 Å². The molecule has 0 aromatic heterocycles. The maximum atomic E-state index is 8.33. The van der Waals surface area contributed by atoms with Crippen molar-refractivity contribution in [1.29, 1.82) is 0 Å². The van der Waals surface area contributed by atoms with Crippen molar-refractivity contribution in [2.75, 3.05) is 0 Å². The van der Waals surface area contributed by atoms with Crippen molar-refractivity contribution in [2.45, 2.75) is 0 Å². The molecule has 0 unspecified atom stereocenters. The van der Waals surface area contributed by atoms with Crippen LogP contribution in [-0.2, 0) is 34.1 Å². The fourth-order valence-electron chi connectivity index (χ4n) is 0. The van der Waals surface area contributed by atoms with Crippen LogP contribution in [-0.4, -0.2) is 17.1 Å². The molecule has 0 bridgehead atoms. The van der Waals surface area contributed by atoms with Crippen molar-refractivity contribution >= 4 is 6.16 Å².